The maximum atomic E-state index is 12.6. The molecule has 0 bridgehead atoms. The molecule has 6 nitrogen and oxygen atoms in total. The van der Waals surface area contributed by atoms with Crippen molar-refractivity contribution in [1.82, 2.24) is 14.5 Å². The Morgan fingerprint density at radius 2 is 1.80 bits per heavy atom. The van der Waals surface area contributed by atoms with Crippen LogP contribution in [0.4, 0.5) is 14.5 Å². The van der Waals surface area contributed by atoms with E-state index in [9.17, 15) is 18.7 Å². The highest BCUT2D eigenvalue weighted by atomic mass is 19.1. The Bertz CT molecular complexity index is 1020. The van der Waals surface area contributed by atoms with Crippen molar-refractivity contribution < 1.29 is 18.7 Å². The quantitative estimate of drug-likeness (QED) is 0.700. The van der Waals surface area contributed by atoms with E-state index < -0.39 is 17.7 Å². The van der Waals surface area contributed by atoms with Crippen molar-refractivity contribution in [3.05, 3.63) is 66.0 Å². The van der Waals surface area contributed by atoms with E-state index in [-0.39, 0.29) is 5.91 Å². The van der Waals surface area contributed by atoms with E-state index in [0.717, 1.165) is 30.4 Å². The maximum Gasteiger partial charge on any atom is 0.257 e. The smallest absolute Gasteiger partial charge is 0.257 e. The van der Waals surface area contributed by atoms with Crippen LogP contribution in [-0.2, 0) is 0 Å². The molecule has 4 heterocycles. The molecule has 0 aliphatic carbocycles. The SMILES string of the molecule is Fc1cccc(F)c1.O=C(c1cnn2ccc(N3CCCC3)cc12)N1CCC(O)C1. The number of carbonyl (C=O) groups excluding carboxylic acids is 1. The van der Waals surface area contributed by atoms with Crippen LogP contribution in [0.25, 0.3) is 5.52 Å². The van der Waals surface area contributed by atoms with Gasteiger partial charge in [-0.2, -0.15) is 5.10 Å². The molecule has 8 heteroatoms. The lowest BCUT2D eigenvalue weighted by molar-refractivity contribution is 0.0767. The van der Waals surface area contributed by atoms with Gasteiger partial charge < -0.3 is 14.9 Å². The van der Waals surface area contributed by atoms with E-state index in [0.29, 0.717) is 25.1 Å². The molecule has 2 aliphatic rings. The summed E-state index contributed by atoms with van der Waals surface area (Å²) in [5.41, 5.74) is 2.62. The number of rotatable bonds is 2. The van der Waals surface area contributed by atoms with Gasteiger partial charge in [-0.25, -0.2) is 13.3 Å². The van der Waals surface area contributed by atoms with Gasteiger partial charge in [-0.05, 0) is 43.5 Å². The molecule has 0 saturated carbocycles. The number of likely N-dealkylation sites (tertiary alicyclic amines) is 1. The van der Waals surface area contributed by atoms with Crippen LogP contribution < -0.4 is 4.90 Å². The molecule has 2 aromatic heterocycles. The fraction of sp³-hybridized carbons (Fsp3) is 0.364. The monoisotopic (exact) mass is 414 g/mol. The van der Waals surface area contributed by atoms with Crippen LogP contribution in [0.2, 0.25) is 0 Å². The fourth-order valence-electron chi connectivity index (χ4n) is 3.86. The number of hydrogen-bond acceptors (Lipinski definition) is 4. The number of benzene rings is 1. The standard InChI is InChI=1S/C16H20N4O2.C6H4F2/c21-13-4-7-19(11-13)16(22)14-10-17-20-8-3-12(9-15(14)20)18-5-1-2-6-18;7-5-2-1-3-6(8)4-5/h3,8-10,13,21H,1-2,4-7,11H2;1-4H. The molecular weight excluding hydrogens is 390 g/mol. The van der Waals surface area contributed by atoms with E-state index >= 15 is 0 Å². The van der Waals surface area contributed by atoms with E-state index in [1.807, 2.05) is 6.20 Å². The zero-order valence-electron chi connectivity index (χ0n) is 16.5. The first kappa shape index (κ1) is 20.3. The Morgan fingerprint density at radius 3 is 2.40 bits per heavy atom. The Morgan fingerprint density at radius 1 is 1.07 bits per heavy atom. The summed E-state index contributed by atoms with van der Waals surface area (Å²) in [6.45, 7) is 3.18. The summed E-state index contributed by atoms with van der Waals surface area (Å²) in [5.74, 6) is -1.11. The van der Waals surface area contributed by atoms with Gasteiger partial charge >= 0.3 is 0 Å². The molecule has 1 aromatic carbocycles. The van der Waals surface area contributed by atoms with Crippen LogP contribution in [0, 0.1) is 11.6 Å². The minimum Gasteiger partial charge on any atom is -0.391 e. The number of aliphatic hydroxyl groups excluding tert-OH is 1. The van der Waals surface area contributed by atoms with E-state index in [4.69, 9.17) is 0 Å². The number of halogens is 2. The zero-order chi connectivity index (χ0) is 21.1. The van der Waals surface area contributed by atoms with Gasteiger partial charge in [-0.15, -0.1) is 0 Å². The molecule has 2 saturated heterocycles. The average Bonchev–Trinajstić information content (AvgIpc) is 3.48. The van der Waals surface area contributed by atoms with Gasteiger partial charge in [0.05, 0.1) is 23.4 Å². The fourth-order valence-corrected chi connectivity index (χ4v) is 3.86. The first-order valence-electron chi connectivity index (χ1n) is 10.1. The second-order valence-electron chi connectivity index (χ2n) is 7.60. The maximum absolute atomic E-state index is 12.6. The molecule has 2 fully saturated rings. The van der Waals surface area contributed by atoms with E-state index in [1.54, 1.807) is 15.6 Å². The molecule has 1 unspecified atom stereocenters. The number of hydrogen-bond donors (Lipinski definition) is 1. The van der Waals surface area contributed by atoms with Crippen LogP contribution in [-0.4, -0.2) is 57.8 Å². The highest BCUT2D eigenvalue weighted by Crippen LogP contribution is 2.24. The predicted molar refractivity (Wildman–Crippen MR) is 110 cm³/mol. The van der Waals surface area contributed by atoms with E-state index in [2.05, 4.69) is 22.1 Å². The second-order valence-corrected chi connectivity index (χ2v) is 7.60. The van der Waals surface area contributed by atoms with Crippen LogP contribution in [0.1, 0.15) is 29.6 Å². The number of amides is 1. The summed E-state index contributed by atoms with van der Waals surface area (Å²) < 4.78 is 25.6. The Hall–Kier alpha value is -3.00. The lowest BCUT2D eigenvalue weighted by atomic mass is 10.2. The van der Waals surface area contributed by atoms with Crippen molar-refractivity contribution in [2.24, 2.45) is 0 Å². The van der Waals surface area contributed by atoms with Gasteiger partial charge in [0.2, 0.25) is 0 Å². The van der Waals surface area contributed by atoms with Crippen LogP contribution >= 0.6 is 0 Å². The minimum atomic E-state index is -0.537. The number of aliphatic hydroxyl groups is 1. The largest absolute Gasteiger partial charge is 0.391 e. The van der Waals surface area contributed by atoms with Crippen molar-refractivity contribution in [3.8, 4) is 0 Å². The van der Waals surface area contributed by atoms with Crippen LogP contribution in [0.5, 0.6) is 0 Å². The van der Waals surface area contributed by atoms with Gasteiger partial charge in [-0.1, -0.05) is 6.07 Å². The molecule has 30 heavy (non-hydrogen) atoms. The molecule has 2 aliphatic heterocycles. The van der Waals surface area contributed by atoms with Crippen molar-refractivity contribution in [2.45, 2.75) is 25.4 Å². The topological polar surface area (TPSA) is 61.1 Å². The molecule has 1 amide bonds. The summed E-state index contributed by atoms with van der Waals surface area (Å²) in [6, 6.07) is 8.66. The van der Waals surface area contributed by atoms with Gasteiger partial charge in [0.25, 0.3) is 5.91 Å². The normalized spacial score (nSPS) is 18.6. The molecule has 5 rings (SSSR count). The Kier molecular flexibility index (Phi) is 5.94. The summed E-state index contributed by atoms with van der Waals surface area (Å²) >= 11 is 0. The first-order chi connectivity index (χ1) is 14.5. The summed E-state index contributed by atoms with van der Waals surface area (Å²) in [5, 5.41) is 13.9. The number of carbonyl (C=O) groups is 1. The minimum absolute atomic E-state index is 0.0369. The number of nitrogens with zero attached hydrogens (tertiary/aromatic N) is 4. The zero-order valence-corrected chi connectivity index (χ0v) is 16.5. The summed E-state index contributed by atoms with van der Waals surface area (Å²) in [7, 11) is 0. The van der Waals surface area contributed by atoms with Crippen LogP contribution in [0.15, 0.2) is 48.8 Å². The van der Waals surface area contributed by atoms with E-state index in [1.165, 1.54) is 31.0 Å². The molecule has 0 radical (unpaired) electrons. The number of β-amino-alcohol motifs (C(OH)–C–C–N with tert-alkyl or cyclic N) is 1. The molecule has 3 aromatic rings. The van der Waals surface area contributed by atoms with Crippen molar-refractivity contribution in [1.29, 1.82) is 0 Å². The molecule has 1 N–H and O–H groups in total. The second kappa shape index (κ2) is 8.79. The van der Waals surface area contributed by atoms with Crippen molar-refractivity contribution >= 4 is 17.1 Å². The van der Waals surface area contributed by atoms with Gasteiger partial charge in [0.1, 0.15) is 11.6 Å². The summed E-state index contributed by atoms with van der Waals surface area (Å²) in [6.07, 6.45) is 6.26. The molecule has 1 atom stereocenters. The predicted octanol–water partition coefficient (Wildman–Crippen LogP) is 3.11. The number of aromatic nitrogens is 2. The first-order valence-corrected chi connectivity index (χ1v) is 10.1. The third kappa shape index (κ3) is 4.43. The van der Waals surface area contributed by atoms with Crippen LogP contribution in [0.3, 0.4) is 0 Å². The number of anilines is 1. The van der Waals surface area contributed by atoms with Gasteiger partial charge in [0.15, 0.2) is 0 Å². The molecular formula is C22H24F2N4O2. The molecule has 158 valence electrons. The van der Waals surface area contributed by atoms with Gasteiger partial charge in [0, 0.05) is 44.1 Å². The number of pyridine rings is 1. The Balaban J connectivity index is 0.000000230. The third-order valence-electron chi connectivity index (χ3n) is 5.44. The summed E-state index contributed by atoms with van der Waals surface area (Å²) in [4.78, 5) is 16.7. The van der Waals surface area contributed by atoms with Crippen molar-refractivity contribution in [3.63, 3.8) is 0 Å². The van der Waals surface area contributed by atoms with Crippen molar-refractivity contribution in [2.75, 3.05) is 31.1 Å². The van der Waals surface area contributed by atoms with Gasteiger partial charge in [-0.3, -0.25) is 4.79 Å². The molecule has 0 spiro atoms. The highest BCUT2D eigenvalue weighted by molar-refractivity contribution is 6.01. The average molecular weight is 414 g/mol. The highest BCUT2D eigenvalue weighted by Gasteiger charge is 2.27. The lowest BCUT2D eigenvalue weighted by Gasteiger charge is -2.18. The third-order valence-corrected chi connectivity index (χ3v) is 5.44. The lowest BCUT2D eigenvalue weighted by Crippen LogP contribution is -2.29. The Labute approximate surface area is 173 Å². The number of fused-ring (bicyclic) bond motifs is 1.